The first kappa shape index (κ1) is 14.4. The second kappa shape index (κ2) is 5.98. The molecule has 4 nitrogen and oxygen atoms in total. The first-order valence-electron chi connectivity index (χ1n) is 6.50. The average molecular weight is 286 g/mol. The van der Waals surface area contributed by atoms with Crippen molar-refractivity contribution in [1.82, 2.24) is 4.72 Å². The zero-order valence-electron chi connectivity index (χ0n) is 10.7. The fourth-order valence-electron chi connectivity index (χ4n) is 2.42. The van der Waals surface area contributed by atoms with Gasteiger partial charge < -0.3 is 5.73 Å². The van der Waals surface area contributed by atoms with Gasteiger partial charge in [0.05, 0.1) is 4.90 Å². The Morgan fingerprint density at radius 2 is 2.05 bits per heavy atom. The Kier molecular flexibility index (Phi) is 4.54. The second-order valence-electron chi connectivity index (χ2n) is 5.02. The number of rotatable bonds is 4. The van der Waals surface area contributed by atoms with Crippen LogP contribution in [0.4, 0.5) is 4.39 Å². The predicted octanol–water partition coefficient (Wildman–Crippen LogP) is 1.62. The zero-order valence-corrected chi connectivity index (χ0v) is 11.5. The molecule has 0 spiro atoms. The van der Waals surface area contributed by atoms with Crippen LogP contribution in [0.2, 0.25) is 0 Å². The summed E-state index contributed by atoms with van der Waals surface area (Å²) in [4.78, 5) is -0.0446. The standard InChI is InChI=1S/C13H19FN2O2S/c14-11-5-3-6-12(8-11)19(17,18)16-9-10-4-1-2-7-13(10)15/h3,5-6,8,10,13,16H,1-2,4,7,9,15H2. The van der Waals surface area contributed by atoms with Gasteiger partial charge in [0, 0.05) is 12.6 Å². The maximum Gasteiger partial charge on any atom is 0.240 e. The molecule has 0 radical (unpaired) electrons. The van der Waals surface area contributed by atoms with Crippen LogP contribution in [0, 0.1) is 11.7 Å². The summed E-state index contributed by atoms with van der Waals surface area (Å²) in [6.07, 6.45) is 4.06. The van der Waals surface area contributed by atoms with E-state index in [1.807, 2.05) is 0 Å². The molecule has 0 heterocycles. The van der Waals surface area contributed by atoms with Crippen molar-refractivity contribution in [1.29, 1.82) is 0 Å². The quantitative estimate of drug-likeness (QED) is 0.883. The molecule has 0 aromatic heterocycles. The summed E-state index contributed by atoms with van der Waals surface area (Å²) in [5.74, 6) is -0.394. The van der Waals surface area contributed by atoms with Crippen LogP contribution in [-0.4, -0.2) is 21.0 Å². The van der Waals surface area contributed by atoms with Gasteiger partial charge in [-0.2, -0.15) is 0 Å². The van der Waals surface area contributed by atoms with Crippen LogP contribution in [0.25, 0.3) is 0 Å². The summed E-state index contributed by atoms with van der Waals surface area (Å²) >= 11 is 0. The Labute approximate surface area is 113 Å². The number of nitrogens with two attached hydrogens (primary N) is 1. The van der Waals surface area contributed by atoms with Crippen molar-refractivity contribution in [2.45, 2.75) is 36.6 Å². The molecule has 1 aliphatic rings. The van der Waals surface area contributed by atoms with Crippen LogP contribution >= 0.6 is 0 Å². The van der Waals surface area contributed by atoms with E-state index in [4.69, 9.17) is 5.73 Å². The molecule has 1 fully saturated rings. The smallest absolute Gasteiger partial charge is 0.240 e. The molecule has 1 saturated carbocycles. The van der Waals surface area contributed by atoms with Gasteiger partial charge in [-0.25, -0.2) is 17.5 Å². The van der Waals surface area contributed by atoms with E-state index in [-0.39, 0.29) is 16.9 Å². The third-order valence-corrected chi connectivity index (χ3v) is 5.03. The normalized spacial score (nSPS) is 24.3. The lowest BCUT2D eigenvalue weighted by molar-refractivity contribution is 0.308. The van der Waals surface area contributed by atoms with Crippen molar-refractivity contribution < 1.29 is 12.8 Å². The van der Waals surface area contributed by atoms with E-state index in [1.54, 1.807) is 0 Å². The van der Waals surface area contributed by atoms with Crippen molar-refractivity contribution in [3.63, 3.8) is 0 Å². The maximum absolute atomic E-state index is 13.0. The minimum absolute atomic E-state index is 0.0446. The van der Waals surface area contributed by atoms with E-state index < -0.39 is 15.8 Å². The SMILES string of the molecule is NC1CCCCC1CNS(=O)(=O)c1cccc(F)c1. The summed E-state index contributed by atoms with van der Waals surface area (Å²) in [5, 5.41) is 0. The average Bonchev–Trinajstić information content (AvgIpc) is 2.38. The third-order valence-electron chi connectivity index (χ3n) is 3.61. The Balaban J connectivity index is 2.01. The van der Waals surface area contributed by atoms with Gasteiger partial charge >= 0.3 is 0 Å². The minimum Gasteiger partial charge on any atom is -0.327 e. The van der Waals surface area contributed by atoms with Crippen LogP contribution in [0.15, 0.2) is 29.2 Å². The number of sulfonamides is 1. The van der Waals surface area contributed by atoms with Crippen molar-refractivity contribution in [2.75, 3.05) is 6.54 Å². The highest BCUT2D eigenvalue weighted by Crippen LogP contribution is 2.22. The van der Waals surface area contributed by atoms with E-state index in [9.17, 15) is 12.8 Å². The minimum atomic E-state index is -3.65. The van der Waals surface area contributed by atoms with Crippen molar-refractivity contribution >= 4 is 10.0 Å². The molecule has 2 atom stereocenters. The predicted molar refractivity (Wildman–Crippen MR) is 71.5 cm³/mol. The van der Waals surface area contributed by atoms with Gasteiger partial charge in [-0.3, -0.25) is 0 Å². The van der Waals surface area contributed by atoms with Gasteiger partial charge in [-0.05, 0) is 37.0 Å². The number of benzene rings is 1. The molecule has 19 heavy (non-hydrogen) atoms. The Morgan fingerprint density at radius 1 is 1.32 bits per heavy atom. The number of nitrogens with one attached hydrogen (secondary N) is 1. The largest absolute Gasteiger partial charge is 0.327 e. The van der Waals surface area contributed by atoms with Gasteiger partial charge in [0.25, 0.3) is 0 Å². The molecule has 0 bridgehead atoms. The highest BCUT2D eigenvalue weighted by atomic mass is 32.2. The molecule has 6 heteroatoms. The van der Waals surface area contributed by atoms with Crippen LogP contribution in [0.5, 0.6) is 0 Å². The molecular formula is C13H19FN2O2S. The first-order chi connectivity index (χ1) is 8.99. The van der Waals surface area contributed by atoms with E-state index in [0.717, 1.165) is 31.7 Å². The van der Waals surface area contributed by atoms with Crippen molar-refractivity contribution in [2.24, 2.45) is 11.7 Å². The van der Waals surface area contributed by atoms with E-state index in [0.29, 0.717) is 6.54 Å². The van der Waals surface area contributed by atoms with E-state index in [2.05, 4.69) is 4.72 Å². The highest BCUT2D eigenvalue weighted by Gasteiger charge is 2.24. The van der Waals surface area contributed by atoms with Crippen LogP contribution in [0.3, 0.4) is 0 Å². The second-order valence-corrected chi connectivity index (χ2v) is 6.78. The van der Waals surface area contributed by atoms with Crippen LogP contribution < -0.4 is 10.5 Å². The molecule has 1 aliphatic carbocycles. The first-order valence-corrected chi connectivity index (χ1v) is 7.98. The molecule has 2 unspecified atom stereocenters. The van der Waals surface area contributed by atoms with Gasteiger partial charge in [0.2, 0.25) is 10.0 Å². The highest BCUT2D eigenvalue weighted by molar-refractivity contribution is 7.89. The van der Waals surface area contributed by atoms with Crippen molar-refractivity contribution in [3.8, 4) is 0 Å². The number of hydrogen-bond donors (Lipinski definition) is 2. The number of hydrogen-bond acceptors (Lipinski definition) is 3. The summed E-state index contributed by atoms with van der Waals surface area (Å²) in [5.41, 5.74) is 5.98. The molecule has 0 saturated heterocycles. The number of halogens is 1. The lowest BCUT2D eigenvalue weighted by atomic mass is 9.85. The van der Waals surface area contributed by atoms with Gasteiger partial charge in [-0.1, -0.05) is 18.9 Å². The monoisotopic (exact) mass is 286 g/mol. The van der Waals surface area contributed by atoms with Crippen LogP contribution in [-0.2, 0) is 10.0 Å². The zero-order chi connectivity index (χ0) is 13.9. The molecule has 1 aromatic rings. The summed E-state index contributed by atoms with van der Waals surface area (Å²) < 4.78 is 39.6. The molecule has 2 rings (SSSR count). The maximum atomic E-state index is 13.0. The fraction of sp³-hybridized carbons (Fsp3) is 0.538. The lowest BCUT2D eigenvalue weighted by Gasteiger charge is -2.28. The molecule has 0 aliphatic heterocycles. The molecule has 1 aromatic carbocycles. The lowest BCUT2D eigenvalue weighted by Crippen LogP contribution is -2.41. The molecule has 3 N–H and O–H groups in total. The van der Waals surface area contributed by atoms with Crippen molar-refractivity contribution in [3.05, 3.63) is 30.1 Å². The van der Waals surface area contributed by atoms with Gasteiger partial charge in [-0.15, -0.1) is 0 Å². The van der Waals surface area contributed by atoms with E-state index >= 15 is 0 Å². The summed E-state index contributed by atoms with van der Waals surface area (Å²) in [6.45, 7) is 0.319. The molecule has 106 valence electrons. The molecular weight excluding hydrogens is 267 g/mol. The van der Waals surface area contributed by atoms with Crippen LogP contribution in [0.1, 0.15) is 25.7 Å². The molecule has 0 amide bonds. The fourth-order valence-corrected chi connectivity index (χ4v) is 3.55. The Hall–Kier alpha value is -0.980. The van der Waals surface area contributed by atoms with Gasteiger partial charge in [0.15, 0.2) is 0 Å². The Bertz CT molecular complexity index is 533. The Morgan fingerprint density at radius 3 is 2.74 bits per heavy atom. The summed E-state index contributed by atoms with van der Waals surface area (Å²) in [7, 11) is -3.65. The third kappa shape index (κ3) is 3.75. The summed E-state index contributed by atoms with van der Waals surface area (Å²) in [6, 6.07) is 5.05. The van der Waals surface area contributed by atoms with E-state index in [1.165, 1.54) is 18.2 Å². The topological polar surface area (TPSA) is 72.2 Å². The van der Waals surface area contributed by atoms with Gasteiger partial charge in [0.1, 0.15) is 5.82 Å².